The van der Waals surface area contributed by atoms with Crippen LogP contribution in [0.15, 0.2) is 59.5 Å². The second-order valence-electron chi connectivity index (χ2n) is 8.46. The molecule has 0 atom stereocenters. The largest absolute Gasteiger partial charge is 0.490 e. The van der Waals surface area contributed by atoms with Crippen LogP contribution in [0.3, 0.4) is 0 Å². The molecule has 1 N–H and O–H groups in total. The molecule has 0 radical (unpaired) electrons. The van der Waals surface area contributed by atoms with Crippen molar-refractivity contribution in [2.45, 2.75) is 20.4 Å². The molecule has 39 heavy (non-hydrogen) atoms. The monoisotopic (exact) mass is 604 g/mol. The molecular formula is C28H23Cl3N2O5S. The molecule has 0 bridgehead atoms. The first-order valence-electron chi connectivity index (χ1n) is 11.8. The third-order valence-electron chi connectivity index (χ3n) is 5.56. The van der Waals surface area contributed by atoms with Gasteiger partial charge in [-0.05, 0) is 84.8 Å². The molecule has 0 aromatic heterocycles. The standard InChI is InChI=1S/C28H23Cl3N2O5S/c1-3-37-23-11-18(12-24-27(35)33(28(36)39-24)14-17-5-7-19(29)8-6-17)10-22(31)26(23)38-15-25(34)32-20-9-4-16(2)21(30)13-20/h4-13H,3,14-15H2,1-2H3,(H,32,34)/b24-12-. The summed E-state index contributed by atoms with van der Waals surface area (Å²) in [6.45, 7) is 3.77. The number of aryl methyl sites for hydroxylation is 1. The lowest BCUT2D eigenvalue weighted by molar-refractivity contribution is -0.123. The number of benzene rings is 3. The van der Waals surface area contributed by atoms with Gasteiger partial charge in [0.15, 0.2) is 18.1 Å². The van der Waals surface area contributed by atoms with Crippen LogP contribution in [0.5, 0.6) is 11.5 Å². The molecule has 0 aliphatic carbocycles. The minimum atomic E-state index is -0.415. The van der Waals surface area contributed by atoms with Crippen LogP contribution in [0.2, 0.25) is 15.1 Å². The van der Waals surface area contributed by atoms with Gasteiger partial charge in [0, 0.05) is 15.7 Å². The zero-order chi connectivity index (χ0) is 28.1. The van der Waals surface area contributed by atoms with Gasteiger partial charge in [0.25, 0.3) is 17.1 Å². The maximum atomic E-state index is 13.0. The fourth-order valence-electron chi connectivity index (χ4n) is 3.64. The van der Waals surface area contributed by atoms with Gasteiger partial charge in [-0.3, -0.25) is 19.3 Å². The van der Waals surface area contributed by atoms with E-state index in [0.717, 1.165) is 22.9 Å². The van der Waals surface area contributed by atoms with Crippen molar-refractivity contribution < 1.29 is 23.9 Å². The molecule has 1 aliphatic rings. The number of carbonyl (C=O) groups excluding carboxylic acids is 3. The van der Waals surface area contributed by atoms with Crippen molar-refractivity contribution in [1.82, 2.24) is 4.90 Å². The molecular weight excluding hydrogens is 583 g/mol. The lowest BCUT2D eigenvalue weighted by Gasteiger charge is -2.15. The normalized spacial score (nSPS) is 14.2. The second-order valence-corrected chi connectivity index (χ2v) is 10.7. The number of amides is 3. The van der Waals surface area contributed by atoms with Crippen molar-refractivity contribution in [2.24, 2.45) is 0 Å². The topological polar surface area (TPSA) is 84.9 Å². The zero-order valence-electron chi connectivity index (χ0n) is 20.9. The van der Waals surface area contributed by atoms with Gasteiger partial charge in [-0.15, -0.1) is 0 Å². The van der Waals surface area contributed by atoms with Crippen LogP contribution in [0.4, 0.5) is 10.5 Å². The van der Waals surface area contributed by atoms with E-state index in [0.29, 0.717) is 33.7 Å². The van der Waals surface area contributed by atoms with E-state index in [1.54, 1.807) is 67.6 Å². The third-order valence-corrected chi connectivity index (χ3v) is 7.41. The van der Waals surface area contributed by atoms with E-state index in [1.807, 2.05) is 6.92 Å². The maximum absolute atomic E-state index is 13.0. The molecule has 3 aromatic rings. The quantitative estimate of drug-likeness (QED) is 0.253. The van der Waals surface area contributed by atoms with Crippen molar-refractivity contribution in [3.63, 3.8) is 0 Å². The Morgan fingerprint density at radius 2 is 1.74 bits per heavy atom. The fourth-order valence-corrected chi connectivity index (χ4v) is 5.06. The minimum Gasteiger partial charge on any atom is -0.490 e. The summed E-state index contributed by atoms with van der Waals surface area (Å²) in [6, 6.07) is 15.3. The molecule has 1 fully saturated rings. The lowest BCUT2D eigenvalue weighted by Crippen LogP contribution is -2.27. The number of hydrogen-bond donors (Lipinski definition) is 1. The van der Waals surface area contributed by atoms with Gasteiger partial charge in [0.1, 0.15) is 0 Å². The number of anilines is 1. The number of carbonyl (C=O) groups is 3. The van der Waals surface area contributed by atoms with Crippen LogP contribution < -0.4 is 14.8 Å². The molecule has 4 rings (SSSR count). The average molecular weight is 606 g/mol. The maximum Gasteiger partial charge on any atom is 0.293 e. The molecule has 3 amide bonds. The molecule has 1 heterocycles. The molecule has 3 aromatic carbocycles. The van der Waals surface area contributed by atoms with Gasteiger partial charge in [0.05, 0.1) is 23.1 Å². The van der Waals surface area contributed by atoms with Crippen molar-refractivity contribution >= 4 is 75.4 Å². The third kappa shape index (κ3) is 7.28. The Hall–Kier alpha value is -3.17. The Morgan fingerprint density at radius 3 is 2.44 bits per heavy atom. The summed E-state index contributed by atoms with van der Waals surface area (Å²) in [6.07, 6.45) is 1.57. The highest BCUT2D eigenvalue weighted by molar-refractivity contribution is 8.18. The fraction of sp³-hybridized carbons (Fsp3) is 0.179. The molecule has 11 heteroatoms. The molecule has 0 spiro atoms. The van der Waals surface area contributed by atoms with Crippen molar-refractivity contribution in [3.05, 3.63) is 91.3 Å². The number of nitrogens with one attached hydrogen (secondary N) is 1. The van der Waals surface area contributed by atoms with Gasteiger partial charge in [-0.1, -0.05) is 53.0 Å². The molecule has 1 saturated heterocycles. The first kappa shape index (κ1) is 28.8. The smallest absolute Gasteiger partial charge is 0.293 e. The van der Waals surface area contributed by atoms with Crippen LogP contribution >= 0.6 is 46.6 Å². The Labute approximate surface area is 245 Å². The van der Waals surface area contributed by atoms with E-state index in [9.17, 15) is 14.4 Å². The van der Waals surface area contributed by atoms with E-state index in [2.05, 4.69) is 5.32 Å². The van der Waals surface area contributed by atoms with Crippen LogP contribution in [0.1, 0.15) is 23.6 Å². The molecule has 7 nitrogen and oxygen atoms in total. The highest BCUT2D eigenvalue weighted by Crippen LogP contribution is 2.39. The van der Waals surface area contributed by atoms with E-state index >= 15 is 0 Å². The molecule has 0 unspecified atom stereocenters. The van der Waals surface area contributed by atoms with Gasteiger partial charge >= 0.3 is 0 Å². The summed E-state index contributed by atoms with van der Waals surface area (Å²) in [7, 11) is 0. The van der Waals surface area contributed by atoms with Crippen molar-refractivity contribution in [1.29, 1.82) is 0 Å². The van der Waals surface area contributed by atoms with E-state index in [1.165, 1.54) is 4.90 Å². The molecule has 202 valence electrons. The number of hydrogen-bond acceptors (Lipinski definition) is 6. The van der Waals surface area contributed by atoms with Crippen LogP contribution in [0, 0.1) is 6.92 Å². The Kier molecular flexibility index (Phi) is 9.45. The number of rotatable bonds is 9. The summed E-state index contributed by atoms with van der Waals surface area (Å²) in [4.78, 5) is 39.4. The SMILES string of the molecule is CCOc1cc(/C=C2\SC(=O)N(Cc3ccc(Cl)cc3)C2=O)cc(Cl)c1OCC(=O)Nc1ccc(C)c(Cl)c1. The van der Waals surface area contributed by atoms with E-state index in [4.69, 9.17) is 44.3 Å². The average Bonchev–Trinajstić information content (AvgIpc) is 3.14. The number of halogens is 3. The predicted octanol–water partition coefficient (Wildman–Crippen LogP) is 7.61. The summed E-state index contributed by atoms with van der Waals surface area (Å²) < 4.78 is 11.4. The number of nitrogens with zero attached hydrogens (tertiary/aromatic N) is 1. The molecule has 0 saturated carbocycles. The highest BCUT2D eigenvalue weighted by Gasteiger charge is 2.35. The Morgan fingerprint density at radius 1 is 1.00 bits per heavy atom. The number of ether oxygens (including phenoxy) is 2. The van der Waals surface area contributed by atoms with Gasteiger partial charge in [0.2, 0.25) is 0 Å². The zero-order valence-corrected chi connectivity index (χ0v) is 24.0. The van der Waals surface area contributed by atoms with Crippen LogP contribution in [0.25, 0.3) is 6.08 Å². The first-order chi connectivity index (χ1) is 18.6. The van der Waals surface area contributed by atoms with Crippen molar-refractivity contribution in [3.8, 4) is 11.5 Å². The van der Waals surface area contributed by atoms with Crippen molar-refractivity contribution in [2.75, 3.05) is 18.5 Å². The summed E-state index contributed by atoms with van der Waals surface area (Å²) in [5.41, 5.74) is 2.74. The van der Waals surface area contributed by atoms with E-state index < -0.39 is 11.8 Å². The first-order valence-corrected chi connectivity index (χ1v) is 13.7. The van der Waals surface area contributed by atoms with Crippen LogP contribution in [-0.2, 0) is 16.1 Å². The van der Waals surface area contributed by atoms with Crippen LogP contribution in [-0.4, -0.2) is 35.2 Å². The Bertz CT molecular complexity index is 1460. The lowest BCUT2D eigenvalue weighted by atomic mass is 10.1. The van der Waals surface area contributed by atoms with Gasteiger partial charge in [-0.25, -0.2) is 0 Å². The summed E-state index contributed by atoms with van der Waals surface area (Å²) in [5, 5.41) is 3.63. The van der Waals surface area contributed by atoms with Gasteiger partial charge < -0.3 is 14.8 Å². The second kappa shape index (κ2) is 12.8. The Balaban J connectivity index is 1.48. The number of thioether (sulfide) groups is 1. The summed E-state index contributed by atoms with van der Waals surface area (Å²) >= 11 is 19.4. The minimum absolute atomic E-state index is 0.133. The number of imide groups is 1. The molecule has 1 aliphatic heterocycles. The van der Waals surface area contributed by atoms with E-state index in [-0.39, 0.29) is 34.1 Å². The highest BCUT2D eigenvalue weighted by atomic mass is 35.5. The summed E-state index contributed by atoms with van der Waals surface area (Å²) in [5.74, 6) is -0.347. The van der Waals surface area contributed by atoms with Gasteiger partial charge in [-0.2, -0.15) is 0 Å². The predicted molar refractivity (Wildman–Crippen MR) is 156 cm³/mol.